The number of nitrogens with one attached hydrogen (secondary N) is 1. The van der Waals surface area contributed by atoms with Crippen molar-refractivity contribution in [2.45, 2.75) is 13.0 Å². The Balaban J connectivity index is 2.51. The maximum absolute atomic E-state index is 11.4. The lowest BCUT2D eigenvalue weighted by molar-refractivity contribution is -0.127. The first-order valence-corrected chi connectivity index (χ1v) is 5.00. The van der Waals surface area contributed by atoms with Gasteiger partial charge in [-0.05, 0) is 19.1 Å². The zero-order chi connectivity index (χ0) is 12.0. The molecule has 0 aliphatic heterocycles. The molecule has 1 N–H and O–H groups in total. The monoisotopic (exact) mass is 238 g/mol. The SMILES string of the molecule is C#CCNC(=O)C(C)Oc1ccc(Cl)nc1. The number of nitrogens with zero attached hydrogens (tertiary/aromatic N) is 1. The number of halogens is 1. The summed E-state index contributed by atoms with van der Waals surface area (Å²) in [6.07, 6.45) is 5.84. The van der Waals surface area contributed by atoms with Crippen LogP contribution in [0.2, 0.25) is 5.15 Å². The van der Waals surface area contributed by atoms with Gasteiger partial charge in [0, 0.05) is 0 Å². The van der Waals surface area contributed by atoms with Crippen LogP contribution in [0.15, 0.2) is 18.3 Å². The first-order valence-electron chi connectivity index (χ1n) is 4.63. The molecule has 0 aliphatic rings. The molecular weight excluding hydrogens is 228 g/mol. The predicted octanol–water partition coefficient (Wildman–Crippen LogP) is 1.25. The largest absolute Gasteiger partial charge is 0.479 e. The van der Waals surface area contributed by atoms with E-state index in [1.165, 1.54) is 6.20 Å². The summed E-state index contributed by atoms with van der Waals surface area (Å²) in [4.78, 5) is 15.2. The smallest absolute Gasteiger partial charge is 0.261 e. The van der Waals surface area contributed by atoms with Crippen molar-refractivity contribution >= 4 is 17.5 Å². The van der Waals surface area contributed by atoms with Crippen molar-refractivity contribution in [3.8, 4) is 18.1 Å². The molecule has 0 saturated carbocycles. The normalized spacial score (nSPS) is 11.3. The third-order valence-electron chi connectivity index (χ3n) is 1.75. The molecule has 0 fully saturated rings. The lowest BCUT2D eigenvalue weighted by atomic mass is 10.3. The number of carbonyl (C=O) groups excluding carboxylic acids is 1. The Bertz CT molecular complexity index is 397. The first-order chi connectivity index (χ1) is 7.63. The molecule has 1 heterocycles. The average Bonchev–Trinajstić information content (AvgIpc) is 2.29. The van der Waals surface area contributed by atoms with E-state index in [9.17, 15) is 4.79 Å². The molecule has 1 aromatic rings. The summed E-state index contributed by atoms with van der Waals surface area (Å²) < 4.78 is 5.33. The minimum Gasteiger partial charge on any atom is -0.479 e. The minimum absolute atomic E-state index is 0.186. The zero-order valence-corrected chi connectivity index (χ0v) is 9.49. The van der Waals surface area contributed by atoms with Gasteiger partial charge in [0.1, 0.15) is 10.9 Å². The van der Waals surface area contributed by atoms with E-state index in [4.69, 9.17) is 22.8 Å². The maximum atomic E-state index is 11.4. The fourth-order valence-corrected chi connectivity index (χ4v) is 1.08. The lowest BCUT2D eigenvalue weighted by Crippen LogP contribution is -2.36. The zero-order valence-electron chi connectivity index (χ0n) is 8.74. The van der Waals surface area contributed by atoms with E-state index in [1.807, 2.05) is 0 Å². The van der Waals surface area contributed by atoms with Gasteiger partial charge in [-0.15, -0.1) is 6.42 Å². The van der Waals surface area contributed by atoms with Gasteiger partial charge < -0.3 is 10.1 Å². The Morgan fingerprint density at radius 3 is 3.06 bits per heavy atom. The van der Waals surface area contributed by atoms with Gasteiger partial charge in [-0.2, -0.15) is 0 Å². The number of amides is 1. The average molecular weight is 239 g/mol. The van der Waals surface area contributed by atoms with Gasteiger partial charge in [0.2, 0.25) is 0 Å². The highest BCUT2D eigenvalue weighted by Gasteiger charge is 2.13. The molecule has 4 nitrogen and oxygen atoms in total. The molecule has 0 saturated heterocycles. The minimum atomic E-state index is -0.628. The Labute approximate surface area is 99.0 Å². The quantitative estimate of drug-likeness (QED) is 0.635. The molecule has 0 bridgehead atoms. The standard InChI is InChI=1S/C11H11ClN2O2/c1-3-6-13-11(15)8(2)16-9-4-5-10(12)14-7-9/h1,4-5,7-8H,6H2,2H3,(H,13,15). The molecule has 1 atom stereocenters. The molecule has 84 valence electrons. The number of terminal acetylenes is 1. The number of aromatic nitrogens is 1. The van der Waals surface area contributed by atoms with E-state index < -0.39 is 6.10 Å². The van der Waals surface area contributed by atoms with Crippen LogP contribution in [0, 0.1) is 12.3 Å². The van der Waals surface area contributed by atoms with E-state index in [0.717, 1.165) is 0 Å². The van der Waals surface area contributed by atoms with Crippen molar-refractivity contribution < 1.29 is 9.53 Å². The third-order valence-corrected chi connectivity index (χ3v) is 1.97. The molecule has 0 radical (unpaired) electrons. The number of hydrogen-bond donors (Lipinski definition) is 1. The van der Waals surface area contributed by atoms with E-state index in [1.54, 1.807) is 19.1 Å². The van der Waals surface area contributed by atoms with Gasteiger partial charge in [0.05, 0.1) is 12.7 Å². The molecule has 0 aromatic carbocycles. The van der Waals surface area contributed by atoms with E-state index in [-0.39, 0.29) is 12.5 Å². The van der Waals surface area contributed by atoms with Crippen LogP contribution in [0.4, 0.5) is 0 Å². The molecule has 16 heavy (non-hydrogen) atoms. The van der Waals surface area contributed by atoms with Crippen molar-refractivity contribution in [1.29, 1.82) is 0 Å². The molecule has 0 aliphatic carbocycles. The van der Waals surface area contributed by atoms with Gasteiger partial charge in [-0.25, -0.2) is 4.98 Å². The van der Waals surface area contributed by atoms with Crippen LogP contribution in [0.25, 0.3) is 0 Å². The Kier molecular flexibility index (Phi) is 4.62. The Morgan fingerprint density at radius 2 is 2.50 bits per heavy atom. The number of ether oxygens (including phenoxy) is 1. The van der Waals surface area contributed by atoms with Crippen LogP contribution in [-0.4, -0.2) is 23.5 Å². The van der Waals surface area contributed by atoms with Crippen molar-refractivity contribution in [3.05, 3.63) is 23.5 Å². The summed E-state index contributed by atoms with van der Waals surface area (Å²) >= 11 is 5.61. The fraction of sp³-hybridized carbons (Fsp3) is 0.273. The van der Waals surface area contributed by atoms with E-state index in [2.05, 4.69) is 16.2 Å². The Morgan fingerprint density at radius 1 is 1.75 bits per heavy atom. The van der Waals surface area contributed by atoms with Gasteiger partial charge in [-0.1, -0.05) is 17.5 Å². The van der Waals surface area contributed by atoms with Crippen LogP contribution in [0.1, 0.15) is 6.92 Å². The molecule has 1 amide bonds. The van der Waals surface area contributed by atoms with Crippen molar-refractivity contribution in [2.24, 2.45) is 0 Å². The summed E-state index contributed by atoms with van der Waals surface area (Å²) in [7, 11) is 0. The summed E-state index contributed by atoms with van der Waals surface area (Å²) in [5.74, 6) is 2.52. The second-order valence-corrected chi connectivity index (χ2v) is 3.39. The Hall–Kier alpha value is -1.73. The highest BCUT2D eigenvalue weighted by atomic mass is 35.5. The molecule has 1 rings (SSSR count). The second kappa shape index (κ2) is 5.99. The topological polar surface area (TPSA) is 51.2 Å². The van der Waals surface area contributed by atoms with Gasteiger partial charge in [-0.3, -0.25) is 4.79 Å². The second-order valence-electron chi connectivity index (χ2n) is 3.00. The number of hydrogen-bond acceptors (Lipinski definition) is 3. The van der Waals surface area contributed by atoms with Crippen molar-refractivity contribution in [3.63, 3.8) is 0 Å². The summed E-state index contributed by atoms with van der Waals surface area (Å²) in [5.41, 5.74) is 0. The number of carbonyl (C=O) groups is 1. The maximum Gasteiger partial charge on any atom is 0.261 e. The van der Waals surface area contributed by atoms with Crippen LogP contribution >= 0.6 is 11.6 Å². The van der Waals surface area contributed by atoms with Crippen LogP contribution < -0.4 is 10.1 Å². The first kappa shape index (κ1) is 12.3. The molecule has 1 unspecified atom stereocenters. The van der Waals surface area contributed by atoms with E-state index >= 15 is 0 Å². The van der Waals surface area contributed by atoms with Crippen molar-refractivity contribution in [1.82, 2.24) is 10.3 Å². The number of rotatable bonds is 4. The fourth-order valence-electron chi connectivity index (χ4n) is 0.971. The highest BCUT2D eigenvalue weighted by molar-refractivity contribution is 6.29. The molecular formula is C11H11ClN2O2. The summed E-state index contributed by atoms with van der Waals surface area (Å²) in [6.45, 7) is 1.81. The highest BCUT2D eigenvalue weighted by Crippen LogP contribution is 2.13. The molecule has 0 spiro atoms. The summed E-state index contributed by atoms with van der Waals surface area (Å²) in [5, 5.41) is 2.89. The van der Waals surface area contributed by atoms with Gasteiger partial charge >= 0.3 is 0 Å². The van der Waals surface area contributed by atoms with E-state index in [0.29, 0.717) is 10.9 Å². The van der Waals surface area contributed by atoms with Crippen LogP contribution in [0.3, 0.4) is 0 Å². The molecule has 1 aromatic heterocycles. The number of pyridine rings is 1. The van der Waals surface area contributed by atoms with Crippen molar-refractivity contribution in [2.75, 3.05) is 6.54 Å². The van der Waals surface area contributed by atoms with Gasteiger partial charge in [0.25, 0.3) is 5.91 Å². The summed E-state index contributed by atoms with van der Waals surface area (Å²) in [6, 6.07) is 3.23. The van der Waals surface area contributed by atoms with Crippen LogP contribution in [-0.2, 0) is 4.79 Å². The van der Waals surface area contributed by atoms with Crippen LogP contribution in [0.5, 0.6) is 5.75 Å². The lowest BCUT2D eigenvalue weighted by Gasteiger charge is -2.13. The van der Waals surface area contributed by atoms with Gasteiger partial charge in [0.15, 0.2) is 6.10 Å². The predicted molar refractivity (Wildman–Crippen MR) is 61.2 cm³/mol. The third kappa shape index (κ3) is 3.79. The molecule has 5 heteroatoms.